The number of nitrogens with one attached hydrogen (secondary N) is 1. The summed E-state index contributed by atoms with van der Waals surface area (Å²) in [5.74, 6) is 0.966. The second-order valence-corrected chi connectivity index (χ2v) is 5.31. The first kappa shape index (κ1) is 14.6. The number of hydrogen-bond acceptors (Lipinski definition) is 4. The number of pyridine rings is 1. The highest BCUT2D eigenvalue weighted by molar-refractivity contribution is 6.31. The van der Waals surface area contributed by atoms with Crippen LogP contribution in [0.3, 0.4) is 0 Å². The van der Waals surface area contributed by atoms with Gasteiger partial charge >= 0.3 is 0 Å². The zero-order valence-electron chi connectivity index (χ0n) is 11.7. The summed E-state index contributed by atoms with van der Waals surface area (Å²) >= 11 is 6.19. The smallest absolute Gasteiger partial charge is 0.129 e. The lowest BCUT2D eigenvalue weighted by Gasteiger charge is -2.24. The molecule has 1 N–H and O–H groups in total. The van der Waals surface area contributed by atoms with Crippen LogP contribution in [0.25, 0.3) is 0 Å². The van der Waals surface area contributed by atoms with Gasteiger partial charge in [-0.15, -0.1) is 0 Å². The van der Waals surface area contributed by atoms with Crippen molar-refractivity contribution >= 4 is 17.4 Å². The lowest BCUT2D eigenvalue weighted by molar-refractivity contribution is 0.193. The fraction of sp³-hybridized carbons (Fsp3) is 0.643. The normalized spacial score (nSPS) is 18.8. The molecule has 0 aromatic carbocycles. The fourth-order valence-corrected chi connectivity index (χ4v) is 2.36. The Morgan fingerprint density at radius 3 is 3.05 bits per heavy atom. The molecule has 0 bridgehead atoms. The standard InChI is InChI=1S/C14H22ClN3O/c1-3-7-16-9-13-12(15)4-5-14(17-13)18(2)11-6-8-19-10-11/h4-5,11,16H,3,6-10H2,1-2H3. The minimum Gasteiger partial charge on any atom is -0.379 e. The van der Waals surface area contributed by atoms with Crippen LogP contribution in [0.5, 0.6) is 0 Å². The van der Waals surface area contributed by atoms with Gasteiger partial charge in [-0.1, -0.05) is 18.5 Å². The van der Waals surface area contributed by atoms with Crippen molar-refractivity contribution in [2.24, 2.45) is 0 Å². The van der Waals surface area contributed by atoms with E-state index in [0.717, 1.165) is 55.7 Å². The van der Waals surface area contributed by atoms with Crippen molar-refractivity contribution in [2.75, 3.05) is 31.7 Å². The van der Waals surface area contributed by atoms with Gasteiger partial charge in [0.2, 0.25) is 0 Å². The Bertz CT molecular complexity index is 408. The van der Waals surface area contributed by atoms with Gasteiger partial charge in [-0.2, -0.15) is 0 Å². The van der Waals surface area contributed by atoms with Gasteiger partial charge in [0.25, 0.3) is 0 Å². The van der Waals surface area contributed by atoms with E-state index in [9.17, 15) is 0 Å². The third kappa shape index (κ3) is 3.81. The van der Waals surface area contributed by atoms with Crippen LogP contribution in [0.1, 0.15) is 25.5 Å². The predicted molar refractivity (Wildman–Crippen MR) is 78.9 cm³/mol. The van der Waals surface area contributed by atoms with E-state index in [4.69, 9.17) is 16.3 Å². The molecule has 2 rings (SSSR count). The fourth-order valence-electron chi connectivity index (χ4n) is 2.19. The maximum Gasteiger partial charge on any atom is 0.129 e. The van der Waals surface area contributed by atoms with Crippen molar-refractivity contribution in [3.63, 3.8) is 0 Å². The summed E-state index contributed by atoms with van der Waals surface area (Å²) in [4.78, 5) is 6.85. The van der Waals surface area contributed by atoms with Crippen molar-refractivity contribution in [2.45, 2.75) is 32.4 Å². The average Bonchev–Trinajstić information content (AvgIpc) is 2.94. The van der Waals surface area contributed by atoms with Crippen molar-refractivity contribution in [1.82, 2.24) is 10.3 Å². The third-order valence-electron chi connectivity index (χ3n) is 3.44. The molecule has 2 heterocycles. The molecule has 4 nitrogen and oxygen atoms in total. The van der Waals surface area contributed by atoms with Crippen LogP contribution in [0.4, 0.5) is 5.82 Å². The summed E-state index contributed by atoms with van der Waals surface area (Å²) in [5.41, 5.74) is 0.915. The second-order valence-electron chi connectivity index (χ2n) is 4.90. The summed E-state index contributed by atoms with van der Waals surface area (Å²) in [6, 6.07) is 4.33. The zero-order valence-corrected chi connectivity index (χ0v) is 12.4. The molecule has 0 radical (unpaired) electrons. The third-order valence-corrected chi connectivity index (χ3v) is 3.78. The summed E-state index contributed by atoms with van der Waals surface area (Å²) in [7, 11) is 2.07. The Hall–Kier alpha value is -0.840. The second kappa shape index (κ2) is 7.08. The highest BCUT2D eigenvalue weighted by Gasteiger charge is 2.21. The molecule has 1 unspecified atom stereocenters. The number of likely N-dealkylation sites (N-methyl/N-ethyl adjacent to an activating group) is 1. The van der Waals surface area contributed by atoms with Crippen LogP contribution < -0.4 is 10.2 Å². The number of halogens is 1. The van der Waals surface area contributed by atoms with Crippen molar-refractivity contribution < 1.29 is 4.74 Å². The van der Waals surface area contributed by atoms with E-state index >= 15 is 0 Å². The highest BCUT2D eigenvalue weighted by atomic mass is 35.5. The first-order chi connectivity index (χ1) is 9.22. The molecule has 106 valence electrons. The number of anilines is 1. The first-order valence-corrected chi connectivity index (χ1v) is 7.27. The Balaban J connectivity index is 2.06. The quantitative estimate of drug-likeness (QED) is 0.814. The van der Waals surface area contributed by atoms with E-state index in [1.807, 2.05) is 12.1 Å². The molecule has 0 amide bonds. The van der Waals surface area contributed by atoms with E-state index < -0.39 is 0 Å². The van der Waals surface area contributed by atoms with Crippen LogP contribution in [0.2, 0.25) is 5.02 Å². The average molecular weight is 284 g/mol. The van der Waals surface area contributed by atoms with Gasteiger partial charge < -0.3 is 15.0 Å². The molecule has 0 aliphatic carbocycles. The number of rotatable bonds is 6. The molecule has 0 saturated carbocycles. The number of aromatic nitrogens is 1. The molecule has 5 heteroatoms. The first-order valence-electron chi connectivity index (χ1n) is 6.89. The van der Waals surface area contributed by atoms with E-state index in [2.05, 4.69) is 29.2 Å². The number of ether oxygens (including phenoxy) is 1. The van der Waals surface area contributed by atoms with E-state index in [1.54, 1.807) is 0 Å². The molecule has 1 aliphatic rings. The zero-order chi connectivity index (χ0) is 13.7. The van der Waals surface area contributed by atoms with E-state index in [1.165, 1.54) is 0 Å². The van der Waals surface area contributed by atoms with Gasteiger partial charge in [-0.05, 0) is 31.5 Å². The Kier molecular flexibility index (Phi) is 5.43. The minimum atomic E-state index is 0.421. The van der Waals surface area contributed by atoms with Crippen LogP contribution in [-0.2, 0) is 11.3 Å². The van der Waals surface area contributed by atoms with Gasteiger partial charge in [0.05, 0.1) is 23.4 Å². The lowest BCUT2D eigenvalue weighted by atomic mass is 10.2. The minimum absolute atomic E-state index is 0.421. The summed E-state index contributed by atoms with van der Waals surface area (Å²) < 4.78 is 5.43. The van der Waals surface area contributed by atoms with Gasteiger partial charge in [-0.3, -0.25) is 0 Å². The Morgan fingerprint density at radius 1 is 1.53 bits per heavy atom. The monoisotopic (exact) mass is 283 g/mol. The van der Waals surface area contributed by atoms with Gasteiger partial charge in [0.15, 0.2) is 0 Å². The molecule has 1 aromatic rings. The van der Waals surface area contributed by atoms with Crippen LogP contribution in [0.15, 0.2) is 12.1 Å². The van der Waals surface area contributed by atoms with Gasteiger partial charge in [0.1, 0.15) is 5.82 Å². The molecule has 0 spiro atoms. The topological polar surface area (TPSA) is 37.4 Å². The van der Waals surface area contributed by atoms with Crippen LogP contribution in [-0.4, -0.2) is 37.8 Å². The summed E-state index contributed by atoms with van der Waals surface area (Å²) in [6.45, 7) is 5.47. The van der Waals surface area contributed by atoms with E-state index in [0.29, 0.717) is 6.04 Å². The summed E-state index contributed by atoms with van der Waals surface area (Å²) in [6.07, 6.45) is 2.17. The molecular formula is C14H22ClN3O. The molecule has 19 heavy (non-hydrogen) atoms. The SMILES string of the molecule is CCCNCc1nc(N(C)C2CCOC2)ccc1Cl. The highest BCUT2D eigenvalue weighted by Crippen LogP contribution is 2.22. The Labute approximate surface area is 120 Å². The molecular weight excluding hydrogens is 262 g/mol. The largest absolute Gasteiger partial charge is 0.379 e. The van der Waals surface area contributed by atoms with Crippen molar-refractivity contribution in [3.05, 3.63) is 22.8 Å². The predicted octanol–water partition coefficient (Wildman–Crippen LogP) is 2.46. The maximum absolute atomic E-state index is 6.19. The van der Waals surface area contributed by atoms with Gasteiger partial charge in [0, 0.05) is 20.2 Å². The maximum atomic E-state index is 6.19. The lowest BCUT2D eigenvalue weighted by Crippen LogP contribution is -2.32. The molecule has 1 saturated heterocycles. The number of nitrogens with zero attached hydrogens (tertiary/aromatic N) is 2. The molecule has 1 atom stereocenters. The van der Waals surface area contributed by atoms with Gasteiger partial charge in [-0.25, -0.2) is 4.98 Å². The molecule has 1 fully saturated rings. The summed E-state index contributed by atoms with van der Waals surface area (Å²) in [5, 5.41) is 4.06. The van der Waals surface area contributed by atoms with Crippen LogP contribution >= 0.6 is 11.6 Å². The number of hydrogen-bond donors (Lipinski definition) is 1. The van der Waals surface area contributed by atoms with Crippen molar-refractivity contribution in [1.29, 1.82) is 0 Å². The van der Waals surface area contributed by atoms with Crippen molar-refractivity contribution in [3.8, 4) is 0 Å². The Morgan fingerprint density at radius 2 is 2.37 bits per heavy atom. The molecule has 1 aliphatic heterocycles. The molecule has 1 aromatic heterocycles. The van der Waals surface area contributed by atoms with Crippen LogP contribution in [0, 0.1) is 0 Å². The van der Waals surface area contributed by atoms with E-state index in [-0.39, 0.29) is 0 Å².